The molecule has 3 rings (SSSR count). The first-order chi connectivity index (χ1) is 17.0. The van der Waals surface area contributed by atoms with Gasteiger partial charge in [-0.05, 0) is 50.2 Å². The zero-order chi connectivity index (χ0) is 26.6. The summed E-state index contributed by atoms with van der Waals surface area (Å²) in [6.07, 6.45) is -0.0199. The van der Waals surface area contributed by atoms with Gasteiger partial charge in [0.15, 0.2) is 0 Å². The molecule has 0 aliphatic carbocycles. The molecule has 0 radical (unpaired) electrons. The number of anilines is 1. The zero-order valence-electron chi connectivity index (χ0n) is 20.3. The maximum atomic E-state index is 14.1. The average molecular weight is 535 g/mol. The van der Waals surface area contributed by atoms with E-state index in [1.54, 1.807) is 36.2 Å². The molecular weight excluding hydrogens is 506 g/mol. The minimum absolute atomic E-state index is 0.0199. The fourth-order valence-corrected chi connectivity index (χ4v) is 4.74. The fraction of sp³-hybridized carbons (Fsp3) is 0.360. The standard InChI is InChI=1S/C25H29Cl2FN6O2/c1-4-33(3)25(36)15-5-7-16(8-6-15)32-24(35)19(29)13-20-23(30)31-11-12-34(20)14(2)21-17(26)9-10-18(28)22(21)27/h5-10,14,20,29H,4,11-13H2,1-3H3,(H2,30,31)(H,32,35). The Hall–Kier alpha value is -3.01. The smallest absolute Gasteiger partial charge is 0.269 e. The van der Waals surface area contributed by atoms with Crippen molar-refractivity contribution in [2.45, 2.75) is 32.4 Å². The average Bonchev–Trinajstić information content (AvgIpc) is 2.87. The van der Waals surface area contributed by atoms with Gasteiger partial charge >= 0.3 is 0 Å². The van der Waals surface area contributed by atoms with Crippen LogP contribution in [-0.4, -0.2) is 65.9 Å². The van der Waals surface area contributed by atoms with E-state index in [9.17, 15) is 14.0 Å². The largest absolute Gasteiger partial charge is 0.386 e. The number of nitrogens with one attached hydrogen (secondary N) is 2. The number of rotatable bonds is 8. The summed E-state index contributed by atoms with van der Waals surface area (Å²) in [6.45, 7) is 5.16. The van der Waals surface area contributed by atoms with Gasteiger partial charge in [-0.1, -0.05) is 23.2 Å². The first-order valence-corrected chi connectivity index (χ1v) is 12.2. The molecule has 0 saturated carbocycles. The maximum Gasteiger partial charge on any atom is 0.269 e. The molecule has 1 heterocycles. The van der Waals surface area contributed by atoms with Crippen molar-refractivity contribution >= 4 is 52.3 Å². The minimum Gasteiger partial charge on any atom is -0.386 e. The number of carbonyl (C=O) groups is 2. The van der Waals surface area contributed by atoms with E-state index in [-0.39, 0.29) is 28.9 Å². The molecule has 2 aromatic carbocycles. The lowest BCUT2D eigenvalue weighted by molar-refractivity contribution is -0.110. The molecule has 2 amide bonds. The van der Waals surface area contributed by atoms with E-state index in [4.69, 9.17) is 34.3 Å². The molecule has 8 nitrogen and oxygen atoms in total. The van der Waals surface area contributed by atoms with Crippen LogP contribution in [-0.2, 0) is 4.79 Å². The van der Waals surface area contributed by atoms with E-state index in [2.05, 4.69) is 10.3 Å². The maximum absolute atomic E-state index is 14.1. The number of nitrogens with zero attached hydrogens (tertiary/aromatic N) is 3. The summed E-state index contributed by atoms with van der Waals surface area (Å²) in [5, 5.41) is 11.3. The van der Waals surface area contributed by atoms with Crippen LogP contribution in [0.3, 0.4) is 0 Å². The second kappa shape index (κ2) is 11.8. The van der Waals surface area contributed by atoms with Gasteiger partial charge < -0.3 is 16.0 Å². The topological polar surface area (TPSA) is 115 Å². The van der Waals surface area contributed by atoms with Crippen LogP contribution in [0.4, 0.5) is 10.1 Å². The molecule has 1 aliphatic rings. The summed E-state index contributed by atoms with van der Waals surface area (Å²) in [7, 11) is 1.71. The quantitative estimate of drug-likeness (QED) is 0.344. The molecule has 11 heteroatoms. The van der Waals surface area contributed by atoms with E-state index < -0.39 is 23.8 Å². The number of aliphatic imine (C=N–C) groups is 1. The van der Waals surface area contributed by atoms with Crippen LogP contribution in [0.15, 0.2) is 41.4 Å². The molecule has 0 bridgehead atoms. The number of carbonyl (C=O) groups excluding carboxylic acids is 2. The van der Waals surface area contributed by atoms with Crippen LogP contribution in [0.5, 0.6) is 0 Å². The lowest BCUT2D eigenvalue weighted by Crippen LogP contribution is -2.52. The van der Waals surface area contributed by atoms with Gasteiger partial charge in [0, 0.05) is 54.4 Å². The van der Waals surface area contributed by atoms with Crippen LogP contribution in [0, 0.1) is 11.2 Å². The van der Waals surface area contributed by atoms with Crippen molar-refractivity contribution in [2.75, 3.05) is 32.0 Å². The number of amidine groups is 1. The summed E-state index contributed by atoms with van der Waals surface area (Å²) < 4.78 is 14.1. The van der Waals surface area contributed by atoms with Gasteiger partial charge in [0.2, 0.25) is 0 Å². The normalized spacial score (nSPS) is 16.7. The van der Waals surface area contributed by atoms with Gasteiger partial charge in [-0.25, -0.2) is 4.39 Å². The van der Waals surface area contributed by atoms with Crippen molar-refractivity contribution < 1.29 is 14.0 Å². The van der Waals surface area contributed by atoms with Gasteiger partial charge in [0.05, 0.1) is 23.3 Å². The minimum atomic E-state index is -0.604. The molecule has 36 heavy (non-hydrogen) atoms. The summed E-state index contributed by atoms with van der Waals surface area (Å²) in [4.78, 5) is 32.8. The Morgan fingerprint density at radius 3 is 2.58 bits per heavy atom. The Bertz CT molecular complexity index is 1190. The van der Waals surface area contributed by atoms with Crippen molar-refractivity contribution in [3.63, 3.8) is 0 Å². The van der Waals surface area contributed by atoms with Gasteiger partial charge in [-0.2, -0.15) is 0 Å². The van der Waals surface area contributed by atoms with Crippen molar-refractivity contribution in [1.82, 2.24) is 9.80 Å². The molecule has 0 fully saturated rings. The number of nitrogens with two attached hydrogens (primary N) is 1. The third-order valence-electron chi connectivity index (χ3n) is 6.27. The van der Waals surface area contributed by atoms with Crippen molar-refractivity contribution in [3.8, 4) is 0 Å². The van der Waals surface area contributed by atoms with Crippen molar-refractivity contribution in [2.24, 2.45) is 10.7 Å². The third kappa shape index (κ3) is 6.03. The summed E-state index contributed by atoms with van der Waals surface area (Å²) >= 11 is 12.6. The van der Waals surface area contributed by atoms with Crippen LogP contribution >= 0.6 is 23.2 Å². The summed E-state index contributed by atoms with van der Waals surface area (Å²) in [5.74, 6) is -1.04. The molecule has 0 aromatic heterocycles. The second-order valence-corrected chi connectivity index (χ2v) is 9.31. The Kier molecular flexibility index (Phi) is 9.05. The van der Waals surface area contributed by atoms with Gasteiger partial charge in [0.1, 0.15) is 11.7 Å². The number of halogens is 3. The first kappa shape index (κ1) is 27.6. The molecule has 2 aromatic rings. The molecule has 4 N–H and O–H groups in total. The van der Waals surface area contributed by atoms with E-state index in [1.807, 2.05) is 18.7 Å². The third-order valence-corrected chi connectivity index (χ3v) is 6.99. The molecule has 1 aliphatic heterocycles. The number of benzene rings is 2. The molecule has 192 valence electrons. The van der Waals surface area contributed by atoms with Crippen molar-refractivity contribution in [3.05, 3.63) is 63.4 Å². The number of hydrogen-bond donors (Lipinski definition) is 3. The van der Waals surface area contributed by atoms with Crippen LogP contribution < -0.4 is 11.1 Å². The lowest BCUT2D eigenvalue weighted by atomic mass is 9.99. The molecule has 2 unspecified atom stereocenters. The molecule has 0 spiro atoms. The van der Waals surface area contributed by atoms with E-state index in [1.165, 1.54) is 12.1 Å². The summed E-state index contributed by atoms with van der Waals surface area (Å²) in [5.41, 5.74) is 7.33. The molecule has 2 atom stereocenters. The lowest BCUT2D eigenvalue weighted by Gasteiger charge is -2.39. The van der Waals surface area contributed by atoms with Crippen LogP contribution in [0.1, 0.15) is 42.2 Å². The molecular formula is C25H29Cl2FN6O2. The number of hydrogen-bond acceptors (Lipinski definition) is 6. The Morgan fingerprint density at radius 2 is 1.94 bits per heavy atom. The predicted molar refractivity (Wildman–Crippen MR) is 142 cm³/mol. The Labute approximate surface area is 219 Å². The Morgan fingerprint density at radius 1 is 1.28 bits per heavy atom. The Balaban J connectivity index is 1.73. The van der Waals surface area contributed by atoms with Gasteiger partial charge in [0.25, 0.3) is 11.8 Å². The SMILES string of the molecule is CCN(C)C(=O)c1ccc(NC(=O)C(=N)CC2C(N)=NCCN2C(C)c2c(Cl)ccc(F)c2Cl)cc1. The second-order valence-electron chi connectivity index (χ2n) is 8.53. The highest BCUT2D eigenvalue weighted by Crippen LogP contribution is 2.37. The van der Waals surface area contributed by atoms with E-state index in [0.717, 1.165) is 0 Å². The highest BCUT2D eigenvalue weighted by atomic mass is 35.5. The van der Waals surface area contributed by atoms with E-state index >= 15 is 0 Å². The highest BCUT2D eigenvalue weighted by Gasteiger charge is 2.34. The van der Waals surface area contributed by atoms with E-state index in [0.29, 0.717) is 41.5 Å². The summed E-state index contributed by atoms with van der Waals surface area (Å²) in [6, 6.07) is 8.09. The molecule has 0 saturated heterocycles. The number of amides is 2. The monoisotopic (exact) mass is 534 g/mol. The zero-order valence-corrected chi connectivity index (χ0v) is 21.8. The first-order valence-electron chi connectivity index (χ1n) is 11.5. The van der Waals surface area contributed by atoms with Gasteiger partial charge in [-0.15, -0.1) is 0 Å². The van der Waals surface area contributed by atoms with Gasteiger partial charge in [-0.3, -0.25) is 24.9 Å². The van der Waals surface area contributed by atoms with Crippen molar-refractivity contribution in [1.29, 1.82) is 5.41 Å². The predicted octanol–water partition coefficient (Wildman–Crippen LogP) is 4.38. The fourth-order valence-electron chi connectivity index (χ4n) is 4.06. The van der Waals surface area contributed by atoms with Crippen LogP contribution in [0.25, 0.3) is 0 Å². The highest BCUT2D eigenvalue weighted by molar-refractivity contribution is 6.42. The van der Waals surface area contributed by atoms with Crippen LogP contribution in [0.2, 0.25) is 10.0 Å².